The fourth-order valence-corrected chi connectivity index (χ4v) is 3.68. The van der Waals surface area contributed by atoms with E-state index in [1.165, 1.54) is 24.8 Å². The number of hydrogen-bond donors (Lipinski definition) is 1. The van der Waals surface area contributed by atoms with Crippen molar-refractivity contribution in [2.24, 2.45) is 11.3 Å². The lowest BCUT2D eigenvalue weighted by Gasteiger charge is -2.22. The van der Waals surface area contributed by atoms with Gasteiger partial charge in [-0.1, -0.05) is 13.0 Å². The van der Waals surface area contributed by atoms with Gasteiger partial charge in [0, 0.05) is 45.1 Å². The van der Waals surface area contributed by atoms with E-state index in [-0.39, 0.29) is 6.03 Å². The summed E-state index contributed by atoms with van der Waals surface area (Å²) < 4.78 is 0. The predicted molar refractivity (Wildman–Crippen MR) is 95.6 cm³/mol. The molecule has 1 aromatic rings. The summed E-state index contributed by atoms with van der Waals surface area (Å²) >= 11 is 0. The highest BCUT2D eigenvalue weighted by Crippen LogP contribution is 2.47. The van der Waals surface area contributed by atoms with Crippen LogP contribution >= 0.6 is 0 Å². The molecule has 0 spiro atoms. The number of carbonyl (C=O) groups is 1. The van der Waals surface area contributed by atoms with Crippen molar-refractivity contribution in [3.63, 3.8) is 0 Å². The molecule has 1 aliphatic carbocycles. The molecule has 0 unspecified atom stereocenters. The van der Waals surface area contributed by atoms with Gasteiger partial charge in [0.25, 0.3) is 0 Å². The van der Waals surface area contributed by atoms with Gasteiger partial charge >= 0.3 is 6.03 Å². The highest BCUT2D eigenvalue weighted by atomic mass is 16.2. The topological polar surface area (TPSA) is 48.5 Å². The van der Waals surface area contributed by atoms with Crippen molar-refractivity contribution in [2.75, 3.05) is 33.2 Å². The lowest BCUT2D eigenvalue weighted by molar-refractivity contribution is 0.201. The molecule has 1 N–H and O–H groups in total. The third-order valence-electron chi connectivity index (χ3n) is 5.64. The normalized spacial score (nSPS) is 22.0. The van der Waals surface area contributed by atoms with E-state index in [1.807, 2.05) is 17.2 Å². The summed E-state index contributed by atoms with van der Waals surface area (Å²) in [5.41, 5.74) is 1.65. The Morgan fingerprint density at radius 3 is 3.00 bits per heavy atom. The molecule has 3 rings (SSSR count). The fourth-order valence-electron chi connectivity index (χ4n) is 3.68. The van der Waals surface area contributed by atoms with E-state index in [2.05, 4.69) is 35.2 Å². The quantitative estimate of drug-likeness (QED) is 0.836. The average molecular weight is 330 g/mol. The van der Waals surface area contributed by atoms with E-state index >= 15 is 0 Å². The van der Waals surface area contributed by atoms with Crippen LogP contribution in [0.4, 0.5) is 4.79 Å². The number of aromatic nitrogens is 1. The van der Waals surface area contributed by atoms with Crippen LogP contribution in [0.3, 0.4) is 0 Å². The monoisotopic (exact) mass is 330 g/mol. The molecule has 1 saturated heterocycles. The molecule has 2 aliphatic rings. The van der Waals surface area contributed by atoms with Crippen molar-refractivity contribution in [2.45, 2.75) is 39.2 Å². The second-order valence-electron chi connectivity index (χ2n) is 7.67. The van der Waals surface area contributed by atoms with Crippen molar-refractivity contribution < 1.29 is 4.79 Å². The number of rotatable bonds is 7. The van der Waals surface area contributed by atoms with Crippen molar-refractivity contribution >= 4 is 6.03 Å². The van der Waals surface area contributed by atoms with Gasteiger partial charge in [-0.05, 0) is 55.7 Å². The van der Waals surface area contributed by atoms with Gasteiger partial charge in [0.2, 0.25) is 0 Å². The average Bonchev–Trinajstić information content (AvgIpc) is 3.23. The van der Waals surface area contributed by atoms with Gasteiger partial charge < -0.3 is 15.1 Å². The maximum atomic E-state index is 12.4. The lowest BCUT2D eigenvalue weighted by Crippen LogP contribution is -2.41. The van der Waals surface area contributed by atoms with E-state index in [1.54, 1.807) is 6.20 Å². The summed E-state index contributed by atoms with van der Waals surface area (Å²) in [6.07, 6.45) is 8.55. The largest absolute Gasteiger partial charge is 0.337 e. The Balaban J connectivity index is 1.39. The number of urea groups is 1. The number of carbonyl (C=O) groups excluding carboxylic acids is 1. The fraction of sp³-hybridized carbons (Fsp3) is 0.684. The first-order valence-electron chi connectivity index (χ1n) is 9.20. The number of likely N-dealkylation sites (tertiary alicyclic amines) is 1. The first-order chi connectivity index (χ1) is 11.6. The Morgan fingerprint density at radius 2 is 2.33 bits per heavy atom. The predicted octanol–water partition coefficient (Wildman–Crippen LogP) is 2.74. The molecule has 2 amide bonds. The Labute approximate surface area is 145 Å². The summed E-state index contributed by atoms with van der Waals surface area (Å²) in [5.74, 6) is 0.568. The molecule has 1 saturated carbocycles. The Kier molecular flexibility index (Phi) is 5.39. The van der Waals surface area contributed by atoms with Gasteiger partial charge in [0.05, 0.1) is 0 Å². The van der Waals surface area contributed by atoms with Crippen LogP contribution in [0.15, 0.2) is 24.5 Å². The molecule has 24 heavy (non-hydrogen) atoms. The molecule has 1 atom stereocenters. The van der Waals surface area contributed by atoms with E-state index in [9.17, 15) is 4.79 Å². The molecule has 0 radical (unpaired) electrons. The van der Waals surface area contributed by atoms with Gasteiger partial charge in [-0.25, -0.2) is 4.79 Å². The van der Waals surface area contributed by atoms with Gasteiger partial charge in [0.15, 0.2) is 0 Å². The van der Waals surface area contributed by atoms with Crippen molar-refractivity contribution in [1.82, 2.24) is 20.1 Å². The van der Waals surface area contributed by atoms with Crippen LogP contribution in [0.1, 0.15) is 38.2 Å². The minimum absolute atomic E-state index is 0.132. The molecule has 1 aromatic heterocycles. The number of amides is 2. The maximum Gasteiger partial charge on any atom is 0.317 e. The molecular weight excluding hydrogens is 300 g/mol. The molecule has 5 heteroatoms. The second kappa shape index (κ2) is 7.51. The van der Waals surface area contributed by atoms with Gasteiger partial charge in [-0.15, -0.1) is 0 Å². The molecular formula is C19H30N4O. The third-order valence-corrected chi connectivity index (χ3v) is 5.64. The number of nitrogens with zero attached hydrogens (tertiary/aromatic N) is 3. The Morgan fingerprint density at radius 1 is 1.50 bits per heavy atom. The van der Waals surface area contributed by atoms with Crippen LogP contribution in [0.5, 0.6) is 0 Å². The summed E-state index contributed by atoms with van der Waals surface area (Å²) in [6, 6.07) is 4.22. The van der Waals surface area contributed by atoms with Crippen LogP contribution in [0.2, 0.25) is 0 Å². The molecule has 2 heterocycles. The van der Waals surface area contributed by atoms with Gasteiger partial charge in [0.1, 0.15) is 0 Å². The highest BCUT2D eigenvalue weighted by molar-refractivity contribution is 5.74. The van der Waals surface area contributed by atoms with Crippen molar-refractivity contribution in [1.29, 1.82) is 0 Å². The van der Waals surface area contributed by atoms with Crippen molar-refractivity contribution in [3.8, 4) is 0 Å². The number of pyridine rings is 1. The van der Waals surface area contributed by atoms with Crippen LogP contribution in [0, 0.1) is 11.3 Å². The number of hydrogen-bond acceptors (Lipinski definition) is 3. The summed E-state index contributed by atoms with van der Waals surface area (Å²) in [6.45, 7) is 6.78. The molecule has 1 aliphatic heterocycles. The first-order valence-corrected chi connectivity index (χ1v) is 9.20. The minimum Gasteiger partial charge on any atom is -0.337 e. The van der Waals surface area contributed by atoms with Crippen LogP contribution in [-0.2, 0) is 6.54 Å². The standard InChI is InChI=1S/C19H30N4O/c1-3-19(7-8-19)15-21-18(24)23-10-6-17(14-23)13-22(2)12-16-5-4-9-20-11-16/h4-5,9,11,17H,3,6-8,10,12-15H2,1-2H3,(H,21,24)/t17-/m1/s1. The summed E-state index contributed by atoms with van der Waals surface area (Å²) in [5, 5.41) is 3.16. The molecule has 132 valence electrons. The van der Waals surface area contributed by atoms with E-state index in [0.717, 1.165) is 39.1 Å². The molecule has 2 fully saturated rings. The molecule has 0 bridgehead atoms. The first kappa shape index (κ1) is 17.2. The van der Waals surface area contributed by atoms with E-state index in [4.69, 9.17) is 0 Å². The highest BCUT2D eigenvalue weighted by Gasteiger charge is 2.41. The van der Waals surface area contributed by atoms with Crippen LogP contribution in [0.25, 0.3) is 0 Å². The van der Waals surface area contributed by atoms with Gasteiger partial charge in [-0.2, -0.15) is 0 Å². The maximum absolute atomic E-state index is 12.4. The summed E-state index contributed by atoms with van der Waals surface area (Å²) in [7, 11) is 2.15. The van der Waals surface area contributed by atoms with Crippen LogP contribution in [-0.4, -0.2) is 54.0 Å². The zero-order valence-corrected chi connectivity index (χ0v) is 15.0. The van der Waals surface area contributed by atoms with Gasteiger partial charge in [-0.3, -0.25) is 4.98 Å². The summed E-state index contributed by atoms with van der Waals surface area (Å²) in [4.78, 5) is 20.8. The molecule has 0 aromatic carbocycles. The zero-order valence-electron chi connectivity index (χ0n) is 15.0. The van der Waals surface area contributed by atoms with E-state index < -0.39 is 0 Å². The molecule has 5 nitrogen and oxygen atoms in total. The minimum atomic E-state index is 0.132. The SMILES string of the molecule is CCC1(CNC(=O)N2CC[C@H](CN(C)Cc3cccnc3)C2)CC1. The van der Waals surface area contributed by atoms with Crippen LogP contribution < -0.4 is 5.32 Å². The zero-order chi connectivity index (χ0) is 17.0. The Bertz CT molecular complexity index is 544. The lowest BCUT2D eigenvalue weighted by atomic mass is 10.0. The van der Waals surface area contributed by atoms with E-state index in [0.29, 0.717) is 11.3 Å². The second-order valence-corrected chi connectivity index (χ2v) is 7.67. The number of nitrogens with one attached hydrogen (secondary N) is 1. The Hall–Kier alpha value is -1.62. The van der Waals surface area contributed by atoms with Crippen molar-refractivity contribution in [3.05, 3.63) is 30.1 Å². The third kappa shape index (κ3) is 4.47. The smallest absolute Gasteiger partial charge is 0.317 e.